The van der Waals surface area contributed by atoms with Gasteiger partial charge >= 0.3 is 0 Å². The molecule has 7 heteroatoms. The summed E-state index contributed by atoms with van der Waals surface area (Å²) in [5.74, 6) is 0. The van der Waals surface area contributed by atoms with Gasteiger partial charge in [0.05, 0.1) is 0 Å². The van der Waals surface area contributed by atoms with E-state index >= 15 is 9.59 Å². The highest BCUT2D eigenvalue weighted by Crippen LogP contribution is 2.51. The molecule has 3 aromatic heterocycles. The Labute approximate surface area is 415 Å². The normalized spacial score (nSPS) is 12.7. The van der Waals surface area contributed by atoms with Crippen LogP contribution in [0.1, 0.15) is 162 Å². The van der Waals surface area contributed by atoms with E-state index < -0.39 is 0 Å². The molecule has 0 saturated carbocycles. The number of benzene rings is 8. The zero-order valence-corrected chi connectivity index (χ0v) is 42.6. The average Bonchev–Trinajstić information content (AvgIpc) is 3.70. The van der Waals surface area contributed by atoms with Crippen molar-refractivity contribution in [2.45, 2.75) is 182 Å². The van der Waals surface area contributed by atoms with Gasteiger partial charge in [-0.3, -0.25) is 28.3 Å². The zero-order chi connectivity index (χ0) is 48.8. The maximum absolute atomic E-state index is 15.0. The van der Waals surface area contributed by atoms with E-state index in [1.165, 1.54) is 110 Å². The quantitative estimate of drug-likeness (QED) is 0.0325. The van der Waals surface area contributed by atoms with Crippen LogP contribution >= 0.6 is 0 Å². The number of hydrogen-bond acceptors (Lipinski definition) is 4. The largest absolute Gasteiger partial charge is 0.340 e. The monoisotopic (exact) mass is 946 g/mol. The number of para-hydroxylation sites is 1. The van der Waals surface area contributed by atoms with E-state index in [1.807, 2.05) is 12.1 Å². The summed E-state index contributed by atoms with van der Waals surface area (Å²) in [6.07, 6.45) is 25.7. The van der Waals surface area contributed by atoms with E-state index in [2.05, 4.69) is 86.0 Å². The molecule has 0 bridgehead atoms. The molecule has 0 spiro atoms. The molecule has 366 valence electrons. The lowest BCUT2D eigenvalue weighted by Crippen LogP contribution is -2.33. The lowest BCUT2D eigenvalue weighted by atomic mass is 9.80. The highest BCUT2D eigenvalue weighted by atomic mass is 16.2. The first-order chi connectivity index (χ1) is 34.9. The highest BCUT2D eigenvalue weighted by molar-refractivity contribution is 6.49. The summed E-state index contributed by atoms with van der Waals surface area (Å²) in [6, 6.07) is 25.5. The molecule has 0 aliphatic rings. The lowest BCUT2D eigenvalue weighted by molar-refractivity contribution is 0.527. The van der Waals surface area contributed by atoms with Gasteiger partial charge in [-0.15, -0.1) is 0 Å². The zero-order valence-electron chi connectivity index (χ0n) is 42.6. The molecule has 71 heavy (non-hydrogen) atoms. The van der Waals surface area contributed by atoms with Gasteiger partial charge in [-0.05, 0) is 116 Å². The molecule has 0 aliphatic carbocycles. The number of nitrogens with zero attached hydrogens (tertiary/aromatic N) is 3. The van der Waals surface area contributed by atoms with Crippen molar-refractivity contribution >= 4 is 108 Å². The number of fused-ring (bicyclic) bond motifs is 7. The van der Waals surface area contributed by atoms with Crippen LogP contribution in [-0.4, -0.2) is 13.7 Å². The van der Waals surface area contributed by atoms with Crippen LogP contribution in [0.15, 0.2) is 92.0 Å². The summed E-state index contributed by atoms with van der Waals surface area (Å²) in [5, 5.41) is 15.7. The van der Waals surface area contributed by atoms with Crippen molar-refractivity contribution in [2.24, 2.45) is 0 Å². The van der Waals surface area contributed by atoms with Crippen molar-refractivity contribution in [3.05, 3.63) is 114 Å². The summed E-state index contributed by atoms with van der Waals surface area (Å²) in [4.78, 5) is 59.3. The van der Waals surface area contributed by atoms with Crippen LogP contribution in [0.4, 0.5) is 0 Å². The third-order valence-electron chi connectivity index (χ3n) is 16.7. The van der Waals surface area contributed by atoms with Gasteiger partial charge in [0, 0.05) is 73.8 Å². The molecule has 0 amide bonds. The Balaban J connectivity index is 1.10. The maximum atomic E-state index is 15.0. The van der Waals surface area contributed by atoms with Gasteiger partial charge < -0.3 is 4.57 Å². The number of unbranched alkanes of at least 4 members (excludes halogenated alkanes) is 19. The Bertz CT molecular complexity index is 3950. The summed E-state index contributed by atoms with van der Waals surface area (Å²) in [5.41, 5.74) is 1.44. The molecule has 11 aromatic rings. The summed E-state index contributed by atoms with van der Waals surface area (Å²) < 4.78 is 5.48. The van der Waals surface area contributed by atoms with Crippen LogP contribution in [0.3, 0.4) is 0 Å². The Morgan fingerprint density at radius 3 is 1.11 bits per heavy atom. The van der Waals surface area contributed by atoms with Crippen LogP contribution in [-0.2, 0) is 19.6 Å². The van der Waals surface area contributed by atoms with Crippen LogP contribution < -0.4 is 22.2 Å². The summed E-state index contributed by atoms with van der Waals surface area (Å²) >= 11 is 0. The fourth-order valence-corrected chi connectivity index (χ4v) is 13.0. The van der Waals surface area contributed by atoms with E-state index in [-0.39, 0.29) is 22.2 Å². The third-order valence-corrected chi connectivity index (χ3v) is 16.7. The van der Waals surface area contributed by atoms with Crippen LogP contribution in [0.25, 0.3) is 108 Å². The predicted octanol–water partition coefficient (Wildman–Crippen LogP) is 16.5. The van der Waals surface area contributed by atoms with Gasteiger partial charge in [0.25, 0.3) is 22.2 Å². The van der Waals surface area contributed by atoms with Gasteiger partial charge in [-0.1, -0.05) is 173 Å². The summed E-state index contributed by atoms with van der Waals surface area (Å²) in [6.45, 7) is 8.42. The molecule has 0 unspecified atom stereocenters. The second-order valence-electron chi connectivity index (χ2n) is 21.3. The first-order valence-corrected chi connectivity index (χ1v) is 27.9. The smallest absolute Gasteiger partial charge is 0.261 e. The van der Waals surface area contributed by atoms with Crippen molar-refractivity contribution in [1.29, 1.82) is 0 Å². The van der Waals surface area contributed by atoms with Gasteiger partial charge in [-0.25, -0.2) is 0 Å². The predicted molar refractivity (Wildman–Crippen MR) is 304 cm³/mol. The minimum atomic E-state index is -0.224. The second kappa shape index (κ2) is 20.2. The van der Waals surface area contributed by atoms with Crippen LogP contribution in [0.5, 0.6) is 0 Å². The van der Waals surface area contributed by atoms with Crippen LogP contribution in [0.2, 0.25) is 0 Å². The second-order valence-corrected chi connectivity index (χ2v) is 21.3. The van der Waals surface area contributed by atoms with Gasteiger partial charge in [-0.2, -0.15) is 0 Å². The fourth-order valence-electron chi connectivity index (χ4n) is 13.0. The molecule has 0 saturated heterocycles. The van der Waals surface area contributed by atoms with E-state index in [0.717, 1.165) is 133 Å². The molecular formula is C64H71N3O4. The molecule has 0 radical (unpaired) electrons. The third kappa shape index (κ3) is 8.01. The van der Waals surface area contributed by atoms with Crippen molar-refractivity contribution < 1.29 is 0 Å². The standard InChI is InChI=1S/C64H71N3O4/c1-4-7-10-12-14-16-18-20-22-26-35-66-61(68)44-32-30-42-43-31-33-45-56-52(64(71)67(62(45)69)36-27-23-21-19-17-15-13-11-8-5-2)39-50-47-40-54-48(41-28-24-25-29-53(41)65(54)34-9-6-3)37-46(47)49-38-51(63(66)70)55(44)57(42)59(49)60(50)58(43)56/h24-25,28-33,37-40H,4-23,26-27,34-36H2,1-3H3. The Kier molecular flexibility index (Phi) is 13.4. The number of pyridine rings is 2. The molecule has 7 nitrogen and oxygen atoms in total. The fraction of sp³-hybridized carbons (Fsp3) is 0.438. The molecular weight excluding hydrogens is 875 g/mol. The van der Waals surface area contributed by atoms with E-state index in [4.69, 9.17) is 0 Å². The van der Waals surface area contributed by atoms with Crippen molar-refractivity contribution in [2.75, 3.05) is 0 Å². The maximum Gasteiger partial charge on any atom is 0.261 e. The van der Waals surface area contributed by atoms with Gasteiger partial charge in [0.1, 0.15) is 0 Å². The minimum Gasteiger partial charge on any atom is -0.340 e. The van der Waals surface area contributed by atoms with Gasteiger partial charge in [0.15, 0.2) is 0 Å². The van der Waals surface area contributed by atoms with Crippen LogP contribution in [0, 0.1) is 0 Å². The van der Waals surface area contributed by atoms with Crippen molar-refractivity contribution in [3.63, 3.8) is 0 Å². The Morgan fingerprint density at radius 1 is 0.268 bits per heavy atom. The lowest BCUT2D eigenvalue weighted by Gasteiger charge is -2.23. The molecule has 3 heterocycles. The summed E-state index contributed by atoms with van der Waals surface area (Å²) in [7, 11) is 0. The minimum absolute atomic E-state index is 0.224. The van der Waals surface area contributed by atoms with E-state index in [0.29, 0.717) is 34.6 Å². The molecule has 11 rings (SSSR count). The van der Waals surface area contributed by atoms with E-state index in [9.17, 15) is 9.59 Å². The highest BCUT2D eigenvalue weighted by Gasteiger charge is 2.28. The number of hydrogen-bond donors (Lipinski definition) is 0. The number of aromatic nitrogens is 3. The molecule has 0 aliphatic heterocycles. The SMILES string of the molecule is CCCCCCCCCCCCn1c(=O)c2ccc3c4ccc5c(=O)n(CCCCCCCCCCCC)c(=O)c6cc7c8cc9c(cc8c8cc(c1=O)c2c3c8c7c4c56)c1ccccc1n9CCCC. The van der Waals surface area contributed by atoms with Crippen molar-refractivity contribution in [1.82, 2.24) is 13.7 Å². The number of aryl methyl sites for hydroxylation is 1. The molecule has 0 atom stereocenters. The average molecular weight is 946 g/mol. The van der Waals surface area contributed by atoms with Crippen molar-refractivity contribution in [3.8, 4) is 0 Å². The first-order valence-electron chi connectivity index (χ1n) is 27.9. The van der Waals surface area contributed by atoms with E-state index in [1.54, 1.807) is 0 Å². The molecule has 8 aromatic carbocycles. The number of rotatable bonds is 25. The molecule has 0 fully saturated rings. The molecule has 0 N–H and O–H groups in total. The Hall–Kier alpha value is -6.08. The first kappa shape index (κ1) is 47.3. The topological polar surface area (TPSA) is 83.1 Å². The van der Waals surface area contributed by atoms with Gasteiger partial charge in [0.2, 0.25) is 0 Å². The Morgan fingerprint density at radius 2 is 0.634 bits per heavy atom.